The molecule has 0 aliphatic carbocycles. The molecule has 6 heteroatoms. The highest BCUT2D eigenvalue weighted by atomic mass is 16.7. The summed E-state index contributed by atoms with van der Waals surface area (Å²) in [4.78, 5) is 25.9. The SMILES string of the molecule is CCOC(=O)C(CCc1ccccc1)N1C(=O)OC(OC)C1C. The summed E-state index contributed by atoms with van der Waals surface area (Å²) >= 11 is 0. The molecule has 6 nitrogen and oxygen atoms in total. The van der Waals surface area contributed by atoms with E-state index in [0.29, 0.717) is 12.8 Å². The Morgan fingerprint density at radius 3 is 2.61 bits per heavy atom. The highest BCUT2D eigenvalue weighted by molar-refractivity contribution is 5.82. The molecule has 0 radical (unpaired) electrons. The van der Waals surface area contributed by atoms with Crippen LogP contribution < -0.4 is 0 Å². The average Bonchev–Trinajstić information content (AvgIpc) is 2.84. The van der Waals surface area contributed by atoms with Gasteiger partial charge in [0.15, 0.2) is 0 Å². The number of cyclic esters (lactones) is 1. The zero-order chi connectivity index (χ0) is 16.8. The fourth-order valence-electron chi connectivity index (χ4n) is 2.77. The minimum absolute atomic E-state index is 0.269. The van der Waals surface area contributed by atoms with Crippen LogP contribution in [-0.2, 0) is 25.4 Å². The third-order valence-electron chi connectivity index (χ3n) is 3.94. The molecule has 126 valence electrons. The van der Waals surface area contributed by atoms with E-state index in [1.165, 1.54) is 12.0 Å². The summed E-state index contributed by atoms with van der Waals surface area (Å²) in [6, 6.07) is 8.79. The van der Waals surface area contributed by atoms with Crippen molar-refractivity contribution < 1.29 is 23.8 Å². The Morgan fingerprint density at radius 2 is 2.04 bits per heavy atom. The van der Waals surface area contributed by atoms with Crippen LogP contribution in [-0.4, -0.2) is 49.1 Å². The van der Waals surface area contributed by atoms with Gasteiger partial charge in [-0.1, -0.05) is 30.3 Å². The number of carbonyl (C=O) groups is 2. The molecule has 0 aromatic heterocycles. The number of nitrogens with zero attached hydrogens (tertiary/aromatic N) is 1. The van der Waals surface area contributed by atoms with Gasteiger partial charge in [-0.05, 0) is 32.3 Å². The van der Waals surface area contributed by atoms with E-state index < -0.39 is 24.4 Å². The lowest BCUT2D eigenvalue weighted by molar-refractivity contribution is -0.149. The van der Waals surface area contributed by atoms with Gasteiger partial charge in [-0.25, -0.2) is 9.59 Å². The van der Waals surface area contributed by atoms with Gasteiger partial charge in [0.2, 0.25) is 6.29 Å². The number of esters is 1. The topological polar surface area (TPSA) is 65.1 Å². The predicted octanol–water partition coefficient (Wildman–Crippen LogP) is 2.36. The van der Waals surface area contributed by atoms with Crippen LogP contribution >= 0.6 is 0 Å². The number of rotatable bonds is 7. The number of hydrogen-bond donors (Lipinski definition) is 0. The van der Waals surface area contributed by atoms with E-state index in [0.717, 1.165) is 5.56 Å². The van der Waals surface area contributed by atoms with Gasteiger partial charge in [0.25, 0.3) is 0 Å². The summed E-state index contributed by atoms with van der Waals surface area (Å²) in [6.07, 6.45) is -0.0800. The van der Waals surface area contributed by atoms with Crippen LogP contribution in [0.5, 0.6) is 0 Å². The molecule has 1 saturated heterocycles. The Hall–Kier alpha value is -2.08. The Bertz CT molecular complexity index is 533. The first-order valence-electron chi connectivity index (χ1n) is 7.80. The first kappa shape index (κ1) is 17.3. The summed E-state index contributed by atoms with van der Waals surface area (Å²) in [5.41, 5.74) is 1.10. The molecule has 3 unspecified atom stereocenters. The lowest BCUT2D eigenvalue weighted by Gasteiger charge is -2.28. The highest BCUT2D eigenvalue weighted by Crippen LogP contribution is 2.25. The molecule has 1 aliphatic heterocycles. The lowest BCUT2D eigenvalue weighted by atomic mass is 10.0. The van der Waals surface area contributed by atoms with Crippen molar-refractivity contribution in [2.75, 3.05) is 13.7 Å². The van der Waals surface area contributed by atoms with Crippen LogP contribution in [0.1, 0.15) is 25.8 Å². The molecule has 0 spiro atoms. The van der Waals surface area contributed by atoms with Crippen molar-refractivity contribution in [3.8, 4) is 0 Å². The number of hydrogen-bond acceptors (Lipinski definition) is 5. The van der Waals surface area contributed by atoms with E-state index in [1.807, 2.05) is 30.3 Å². The maximum atomic E-state index is 12.3. The average molecular weight is 321 g/mol. The van der Waals surface area contributed by atoms with Gasteiger partial charge in [-0.15, -0.1) is 0 Å². The van der Waals surface area contributed by atoms with Crippen LogP contribution in [0, 0.1) is 0 Å². The van der Waals surface area contributed by atoms with E-state index in [9.17, 15) is 9.59 Å². The van der Waals surface area contributed by atoms with Crippen molar-refractivity contribution in [2.45, 2.75) is 45.1 Å². The molecule has 1 fully saturated rings. The maximum Gasteiger partial charge on any atom is 0.413 e. The fourth-order valence-corrected chi connectivity index (χ4v) is 2.77. The van der Waals surface area contributed by atoms with Crippen molar-refractivity contribution in [3.63, 3.8) is 0 Å². The molecule has 1 aromatic rings. The summed E-state index contributed by atoms with van der Waals surface area (Å²) in [5, 5.41) is 0. The second kappa shape index (κ2) is 7.97. The van der Waals surface area contributed by atoms with Gasteiger partial charge in [0.05, 0.1) is 12.6 Å². The molecule has 0 N–H and O–H groups in total. The normalized spacial score (nSPS) is 21.9. The van der Waals surface area contributed by atoms with Crippen LogP contribution in [0.2, 0.25) is 0 Å². The third kappa shape index (κ3) is 4.01. The second-order valence-electron chi connectivity index (χ2n) is 5.43. The molecule has 0 bridgehead atoms. The van der Waals surface area contributed by atoms with Gasteiger partial charge >= 0.3 is 12.1 Å². The van der Waals surface area contributed by atoms with Crippen molar-refractivity contribution in [2.24, 2.45) is 0 Å². The van der Waals surface area contributed by atoms with Crippen LogP contribution in [0.3, 0.4) is 0 Å². The molecule has 1 amide bonds. The van der Waals surface area contributed by atoms with Crippen LogP contribution in [0.15, 0.2) is 30.3 Å². The molecule has 0 saturated carbocycles. The van der Waals surface area contributed by atoms with Crippen molar-refractivity contribution in [3.05, 3.63) is 35.9 Å². The minimum Gasteiger partial charge on any atom is -0.464 e. The largest absolute Gasteiger partial charge is 0.464 e. The Kier molecular flexibility index (Phi) is 5.98. The summed E-state index contributed by atoms with van der Waals surface area (Å²) in [5.74, 6) is -0.413. The van der Waals surface area contributed by atoms with Crippen molar-refractivity contribution in [1.82, 2.24) is 4.90 Å². The molecule has 1 aliphatic rings. The van der Waals surface area contributed by atoms with Gasteiger partial charge in [0.1, 0.15) is 6.04 Å². The first-order valence-corrected chi connectivity index (χ1v) is 7.80. The standard InChI is InChI=1S/C17H23NO5/c1-4-22-15(19)14(11-10-13-8-6-5-7-9-13)18-12(2)16(21-3)23-17(18)20/h5-9,12,14,16H,4,10-11H2,1-3H3. The number of benzene rings is 1. The molecule has 3 atom stereocenters. The van der Waals surface area contributed by atoms with Crippen molar-refractivity contribution in [1.29, 1.82) is 0 Å². The van der Waals surface area contributed by atoms with E-state index in [1.54, 1.807) is 13.8 Å². The highest BCUT2D eigenvalue weighted by Gasteiger charge is 2.45. The zero-order valence-corrected chi connectivity index (χ0v) is 13.7. The fraction of sp³-hybridized carbons (Fsp3) is 0.529. The van der Waals surface area contributed by atoms with Gasteiger partial charge in [-0.2, -0.15) is 0 Å². The Labute approximate surface area is 136 Å². The smallest absolute Gasteiger partial charge is 0.413 e. The van der Waals surface area contributed by atoms with Crippen LogP contribution in [0.25, 0.3) is 0 Å². The summed E-state index contributed by atoms with van der Waals surface area (Å²) < 4.78 is 15.4. The van der Waals surface area contributed by atoms with E-state index >= 15 is 0 Å². The third-order valence-corrected chi connectivity index (χ3v) is 3.94. The predicted molar refractivity (Wildman–Crippen MR) is 83.8 cm³/mol. The quantitative estimate of drug-likeness (QED) is 0.721. The number of amides is 1. The van der Waals surface area contributed by atoms with E-state index in [-0.39, 0.29) is 12.6 Å². The van der Waals surface area contributed by atoms with E-state index in [4.69, 9.17) is 14.2 Å². The minimum atomic E-state index is -0.683. The van der Waals surface area contributed by atoms with E-state index in [2.05, 4.69) is 0 Å². The monoisotopic (exact) mass is 321 g/mol. The van der Waals surface area contributed by atoms with Gasteiger partial charge < -0.3 is 14.2 Å². The molecule has 2 rings (SSSR count). The zero-order valence-electron chi connectivity index (χ0n) is 13.7. The van der Waals surface area contributed by atoms with Gasteiger partial charge in [-0.3, -0.25) is 4.90 Å². The molecule has 1 heterocycles. The lowest BCUT2D eigenvalue weighted by Crippen LogP contribution is -2.47. The van der Waals surface area contributed by atoms with Crippen LogP contribution in [0.4, 0.5) is 4.79 Å². The number of carbonyl (C=O) groups excluding carboxylic acids is 2. The molecule has 1 aromatic carbocycles. The number of methoxy groups -OCH3 is 1. The summed E-state index contributed by atoms with van der Waals surface area (Å²) in [6.45, 7) is 3.81. The van der Waals surface area contributed by atoms with Crippen molar-refractivity contribution >= 4 is 12.1 Å². The number of ether oxygens (including phenoxy) is 3. The molecule has 23 heavy (non-hydrogen) atoms. The summed E-state index contributed by atoms with van der Waals surface area (Å²) in [7, 11) is 1.47. The molecular formula is C17H23NO5. The van der Waals surface area contributed by atoms with Gasteiger partial charge in [0, 0.05) is 7.11 Å². The Balaban J connectivity index is 2.14. The molecular weight excluding hydrogens is 298 g/mol. The Morgan fingerprint density at radius 1 is 1.35 bits per heavy atom. The first-order chi connectivity index (χ1) is 11.1. The maximum absolute atomic E-state index is 12.3. The second-order valence-corrected chi connectivity index (χ2v) is 5.43. The number of aryl methyl sites for hydroxylation is 1.